The first-order chi connectivity index (χ1) is 12.2. The molecule has 0 radical (unpaired) electrons. The first-order valence-electron chi connectivity index (χ1n) is 10.8. The van der Waals surface area contributed by atoms with E-state index in [9.17, 15) is 5.11 Å². The van der Waals surface area contributed by atoms with Gasteiger partial charge in [0.15, 0.2) is 0 Å². The maximum Gasteiger partial charge on any atom is 0.0897 e. The molecule has 0 spiro atoms. The number of nitrogens with one attached hydrogen (secondary N) is 1. The highest BCUT2D eigenvalue weighted by Crippen LogP contribution is 2.57. The van der Waals surface area contributed by atoms with Crippen LogP contribution >= 0.6 is 0 Å². The number of ether oxygens (including phenoxy) is 2. The van der Waals surface area contributed by atoms with Gasteiger partial charge in [0.2, 0.25) is 0 Å². The van der Waals surface area contributed by atoms with E-state index in [4.69, 9.17) is 9.47 Å². The number of rotatable bonds is 9. The van der Waals surface area contributed by atoms with Crippen LogP contribution in [0.3, 0.4) is 0 Å². The molecule has 5 saturated carbocycles. The zero-order valence-electron chi connectivity index (χ0n) is 15.8. The number of hydrogen-bond donors (Lipinski definition) is 2. The average molecular weight is 352 g/mol. The Morgan fingerprint density at radius 1 is 0.920 bits per heavy atom. The van der Waals surface area contributed by atoms with E-state index in [-0.39, 0.29) is 5.60 Å². The Labute approximate surface area is 153 Å². The second-order valence-electron chi connectivity index (χ2n) is 9.42. The van der Waals surface area contributed by atoms with E-state index < -0.39 is 6.10 Å². The lowest BCUT2D eigenvalue weighted by atomic mass is 9.54. The van der Waals surface area contributed by atoms with Gasteiger partial charge in [-0.05, 0) is 69.1 Å². The van der Waals surface area contributed by atoms with Crippen molar-refractivity contribution in [2.24, 2.45) is 17.8 Å². The van der Waals surface area contributed by atoms with Gasteiger partial charge in [-0.15, -0.1) is 0 Å². The molecule has 4 nitrogen and oxygen atoms in total. The van der Waals surface area contributed by atoms with E-state index >= 15 is 0 Å². The summed E-state index contributed by atoms with van der Waals surface area (Å²) in [7, 11) is 0. The summed E-state index contributed by atoms with van der Waals surface area (Å²) in [5, 5.41) is 13.6. The highest BCUT2D eigenvalue weighted by atomic mass is 16.5. The molecule has 0 aromatic rings. The van der Waals surface area contributed by atoms with Crippen LogP contribution < -0.4 is 5.32 Å². The molecule has 4 bridgehead atoms. The summed E-state index contributed by atoms with van der Waals surface area (Å²) >= 11 is 0. The molecule has 0 amide bonds. The molecule has 0 heterocycles. The Morgan fingerprint density at radius 3 is 2.20 bits per heavy atom. The van der Waals surface area contributed by atoms with Gasteiger partial charge in [-0.1, -0.05) is 19.3 Å². The summed E-state index contributed by atoms with van der Waals surface area (Å²) in [6.07, 6.45) is 14.4. The molecule has 0 aliphatic heterocycles. The van der Waals surface area contributed by atoms with Crippen molar-refractivity contribution in [1.82, 2.24) is 5.32 Å². The van der Waals surface area contributed by atoms with Crippen molar-refractivity contribution in [3.63, 3.8) is 0 Å². The average Bonchev–Trinajstić information content (AvgIpc) is 2.59. The van der Waals surface area contributed by atoms with Crippen molar-refractivity contribution in [3.05, 3.63) is 0 Å². The smallest absolute Gasteiger partial charge is 0.0897 e. The van der Waals surface area contributed by atoms with Crippen LogP contribution in [0.1, 0.15) is 70.6 Å². The van der Waals surface area contributed by atoms with Gasteiger partial charge in [-0.3, -0.25) is 0 Å². The van der Waals surface area contributed by atoms with Gasteiger partial charge in [0, 0.05) is 12.6 Å². The lowest BCUT2D eigenvalue weighted by Crippen LogP contribution is -2.52. The molecular formula is C21H37NO3. The van der Waals surface area contributed by atoms with Gasteiger partial charge in [0.25, 0.3) is 0 Å². The Balaban J connectivity index is 1.08. The molecule has 2 N–H and O–H groups in total. The minimum absolute atomic E-state index is 0.180. The molecule has 0 aromatic heterocycles. The van der Waals surface area contributed by atoms with E-state index in [1.54, 1.807) is 0 Å². The van der Waals surface area contributed by atoms with Crippen molar-refractivity contribution in [2.75, 3.05) is 26.4 Å². The van der Waals surface area contributed by atoms with Crippen molar-refractivity contribution < 1.29 is 14.6 Å². The standard InChI is InChI=1S/C21H37NO3/c23-20(14-22-19-4-2-1-3-5-19)15-24-6-7-25-21-11-16-8-17(12-21)10-18(9-16)13-21/h16-20,22-23H,1-15H2/t16?,17?,18?,20-,21?/m0/s1. The molecule has 1 atom stereocenters. The third-order valence-corrected chi connectivity index (χ3v) is 7.18. The third kappa shape index (κ3) is 4.77. The summed E-state index contributed by atoms with van der Waals surface area (Å²) in [5.74, 6) is 2.79. The molecule has 4 heteroatoms. The summed E-state index contributed by atoms with van der Waals surface area (Å²) < 4.78 is 12.0. The Morgan fingerprint density at radius 2 is 1.56 bits per heavy atom. The third-order valence-electron chi connectivity index (χ3n) is 7.18. The van der Waals surface area contributed by atoms with Crippen LogP contribution in [0.25, 0.3) is 0 Å². The van der Waals surface area contributed by atoms with Gasteiger partial charge in [0.05, 0.1) is 31.5 Å². The minimum Gasteiger partial charge on any atom is -0.389 e. The summed E-state index contributed by atoms with van der Waals surface area (Å²) in [6, 6.07) is 0.600. The number of hydrogen-bond acceptors (Lipinski definition) is 4. The van der Waals surface area contributed by atoms with Gasteiger partial charge >= 0.3 is 0 Å². The van der Waals surface area contributed by atoms with E-state index in [0.717, 1.165) is 17.8 Å². The fraction of sp³-hybridized carbons (Fsp3) is 1.00. The van der Waals surface area contributed by atoms with Crippen molar-refractivity contribution in [2.45, 2.75) is 88.4 Å². The van der Waals surface area contributed by atoms with Crippen LogP contribution in [0.15, 0.2) is 0 Å². The Kier molecular flexibility index (Phi) is 6.01. The molecule has 25 heavy (non-hydrogen) atoms. The van der Waals surface area contributed by atoms with E-state index in [2.05, 4.69) is 5.32 Å². The first-order valence-corrected chi connectivity index (χ1v) is 10.8. The van der Waals surface area contributed by atoms with Crippen molar-refractivity contribution in [1.29, 1.82) is 0 Å². The van der Waals surface area contributed by atoms with Crippen LogP contribution in [0.4, 0.5) is 0 Å². The second kappa shape index (κ2) is 8.24. The van der Waals surface area contributed by atoms with Crippen LogP contribution in [0.2, 0.25) is 0 Å². The van der Waals surface area contributed by atoms with E-state index in [0.29, 0.717) is 32.4 Å². The molecule has 0 saturated heterocycles. The minimum atomic E-state index is -0.401. The SMILES string of the molecule is O[C@@H](CNC1CCCCC1)COCCOC12CC3CC(CC(C3)C1)C2. The van der Waals surface area contributed by atoms with E-state index in [1.807, 2.05) is 0 Å². The van der Waals surface area contributed by atoms with Crippen LogP contribution in [-0.2, 0) is 9.47 Å². The topological polar surface area (TPSA) is 50.7 Å². The van der Waals surface area contributed by atoms with Crippen LogP contribution in [0, 0.1) is 17.8 Å². The summed E-state index contributed by atoms with van der Waals surface area (Å²) in [6.45, 7) is 2.38. The van der Waals surface area contributed by atoms with Gasteiger partial charge < -0.3 is 19.9 Å². The lowest BCUT2D eigenvalue weighted by Gasteiger charge is -2.56. The molecule has 5 aliphatic carbocycles. The van der Waals surface area contributed by atoms with Crippen molar-refractivity contribution >= 4 is 0 Å². The second-order valence-corrected chi connectivity index (χ2v) is 9.42. The Hall–Kier alpha value is -0.160. The molecule has 0 aromatic carbocycles. The molecule has 144 valence electrons. The number of aliphatic hydroxyl groups is 1. The Bertz CT molecular complexity index is 386. The highest BCUT2D eigenvalue weighted by Gasteiger charge is 2.51. The molecule has 5 fully saturated rings. The zero-order valence-corrected chi connectivity index (χ0v) is 15.8. The predicted octanol–water partition coefficient (Wildman–Crippen LogP) is 3.27. The van der Waals surface area contributed by atoms with Crippen LogP contribution in [-0.4, -0.2) is 49.2 Å². The number of aliphatic hydroxyl groups excluding tert-OH is 1. The molecule has 0 unspecified atom stereocenters. The van der Waals surface area contributed by atoms with Crippen LogP contribution in [0.5, 0.6) is 0 Å². The van der Waals surface area contributed by atoms with E-state index in [1.165, 1.54) is 70.6 Å². The highest BCUT2D eigenvalue weighted by molar-refractivity contribution is 5.03. The molecule has 5 aliphatic rings. The maximum absolute atomic E-state index is 10.1. The van der Waals surface area contributed by atoms with Crippen molar-refractivity contribution in [3.8, 4) is 0 Å². The van der Waals surface area contributed by atoms with Gasteiger partial charge in [-0.2, -0.15) is 0 Å². The first kappa shape index (κ1) is 18.2. The normalized spacial score (nSPS) is 39.0. The van der Waals surface area contributed by atoms with Gasteiger partial charge in [0.1, 0.15) is 0 Å². The lowest BCUT2D eigenvalue weighted by molar-refractivity contribution is -0.170. The summed E-state index contributed by atoms with van der Waals surface area (Å²) in [4.78, 5) is 0. The quantitative estimate of drug-likeness (QED) is 0.626. The summed E-state index contributed by atoms with van der Waals surface area (Å²) in [5.41, 5.74) is 0.180. The largest absolute Gasteiger partial charge is 0.389 e. The zero-order chi connectivity index (χ0) is 17.1. The predicted molar refractivity (Wildman–Crippen MR) is 98.6 cm³/mol. The molecular weight excluding hydrogens is 314 g/mol. The fourth-order valence-electron chi connectivity index (χ4n) is 6.41. The fourth-order valence-corrected chi connectivity index (χ4v) is 6.41. The maximum atomic E-state index is 10.1. The molecule has 5 rings (SSSR count). The van der Waals surface area contributed by atoms with Gasteiger partial charge in [-0.25, -0.2) is 0 Å². The monoisotopic (exact) mass is 351 g/mol.